The van der Waals surface area contributed by atoms with Crippen molar-refractivity contribution in [1.29, 1.82) is 0 Å². The second-order valence-corrected chi connectivity index (χ2v) is 5.70. The van der Waals surface area contributed by atoms with E-state index in [9.17, 15) is 4.79 Å². The smallest absolute Gasteiger partial charge is 0.237 e. The van der Waals surface area contributed by atoms with Crippen molar-refractivity contribution in [2.24, 2.45) is 5.92 Å². The molecule has 2 unspecified atom stereocenters. The van der Waals surface area contributed by atoms with Gasteiger partial charge in [-0.1, -0.05) is 25.7 Å². The third kappa shape index (κ3) is 3.70. The summed E-state index contributed by atoms with van der Waals surface area (Å²) in [5, 5.41) is 6.58. The molecule has 0 aromatic carbocycles. The molecule has 1 aliphatic heterocycles. The highest BCUT2D eigenvalue weighted by molar-refractivity contribution is 5.82. The summed E-state index contributed by atoms with van der Waals surface area (Å²) in [7, 11) is 0. The zero-order chi connectivity index (χ0) is 12.1. The first-order valence-electron chi connectivity index (χ1n) is 7.31. The summed E-state index contributed by atoms with van der Waals surface area (Å²) in [6, 6.07) is 0.413. The Hall–Kier alpha value is -0.570. The average Bonchev–Trinajstić information content (AvgIpc) is 2.71. The SMILES string of the molecule is CC(NC(=O)C1CCCCCN1)C1CCCC1. The molecule has 3 heteroatoms. The Bertz CT molecular complexity index is 241. The van der Waals surface area contributed by atoms with E-state index < -0.39 is 0 Å². The molecule has 2 fully saturated rings. The fourth-order valence-corrected chi connectivity index (χ4v) is 3.15. The molecule has 1 aliphatic carbocycles. The molecule has 0 aromatic rings. The van der Waals surface area contributed by atoms with Gasteiger partial charge in [-0.25, -0.2) is 0 Å². The number of hydrogen-bond acceptors (Lipinski definition) is 2. The molecule has 1 heterocycles. The van der Waals surface area contributed by atoms with Crippen LogP contribution in [0.2, 0.25) is 0 Å². The molecule has 98 valence electrons. The van der Waals surface area contributed by atoms with E-state index >= 15 is 0 Å². The molecule has 17 heavy (non-hydrogen) atoms. The van der Waals surface area contributed by atoms with Crippen molar-refractivity contribution < 1.29 is 4.79 Å². The Morgan fingerprint density at radius 1 is 1.12 bits per heavy atom. The monoisotopic (exact) mass is 238 g/mol. The van der Waals surface area contributed by atoms with Gasteiger partial charge in [-0.3, -0.25) is 4.79 Å². The second-order valence-electron chi connectivity index (χ2n) is 5.70. The molecule has 0 aromatic heterocycles. The van der Waals surface area contributed by atoms with Crippen LogP contribution in [0.3, 0.4) is 0 Å². The van der Waals surface area contributed by atoms with Crippen molar-refractivity contribution in [3.8, 4) is 0 Å². The van der Waals surface area contributed by atoms with Crippen molar-refractivity contribution in [2.75, 3.05) is 6.54 Å². The molecule has 1 saturated carbocycles. The average molecular weight is 238 g/mol. The van der Waals surface area contributed by atoms with Gasteiger partial charge < -0.3 is 10.6 Å². The Labute approximate surface area is 105 Å². The summed E-state index contributed by atoms with van der Waals surface area (Å²) in [6.07, 6.45) is 9.92. The van der Waals surface area contributed by atoms with E-state index in [2.05, 4.69) is 17.6 Å². The van der Waals surface area contributed by atoms with Crippen LogP contribution in [0, 0.1) is 5.92 Å². The summed E-state index contributed by atoms with van der Waals surface area (Å²) < 4.78 is 0. The molecule has 1 amide bonds. The largest absolute Gasteiger partial charge is 0.352 e. The zero-order valence-electron chi connectivity index (χ0n) is 11.0. The van der Waals surface area contributed by atoms with Gasteiger partial charge in [-0.2, -0.15) is 0 Å². The maximum Gasteiger partial charge on any atom is 0.237 e. The van der Waals surface area contributed by atoms with E-state index in [4.69, 9.17) is 0 Å². The standard InChI is InChI=1S/C14H26N2O/c1-11(12-7-4-5-8-12)16-14(17)13-9-3-2-6-10-15-13/h11-13,15H,2-10H2,1H3,(H,16,17). The number of nitrogens with one attached hydrogen (secondary N) is 2. The van der Waals surface area contributed by atoms with Crippen molar-refractivity contribution in [1.82, 2.24) is 10.6 Å². The van der Waals surface area contributed by atoms with Crippen LogP contribution in [0.25, 0.3) is 0 Å². The molecule has 1 saturated heterocycles. The van der Waals surface area contributed by atoms with Gasteiger partial charge in [0.25, 0.3) is 0 Å². The minimum absolute atomic E-state index is 0.0568. The van der Waals surface area contributed by atoms with E-state index in [-0.39, 0.29) is 11.9 Å². The van der Waals surface area contributed by atoms with E-state index in [1.165, 1.54) is 44.9 Å². The Morgan fingerprint density at radius 2 is 1.82 bits per heavy atom. The van der Waals surface area contributed by atoms with Crippen LogP contribution in [0.15, 0.2) is 0 Å². The first-order valence-corrected chi connectivity index (χ1v) is 7.31. The van der Waals surface area contributed by atoms with Gasteiger partial charge in [0.2, 0.25) is 5.91 Å². The lowest BCUT2D eigenvalue weighted by Gasteiger charge is -2.23. The van der Waals surface area contributed by atoms with Gasteiger partial charge in [-0.05, 0) is 45.1 Å². The van der Waals surface area contributed by atoms with Gasteiger partial charge in [0.15, 0.2) is 0 Å². The maximum absolute atomic E-state index is 12.1. The molecule has 0 bridgehead atoms. The predicted octanol–water partition coefficient (Wildman–Crippen LogP) is 2.21. The molecule has 0 spiro atoms. The third-order valence-corrected chi connectivity index (χ3v) is 4.35. The number of carbonyl (C=O) groups is 1. The highest BCUT2D eigenvalue weighted by atomic mass is 16.2. The Kier molecular flexibility index (Phi) is 4.84. The summed E-state index contributed by atoms with van der Waals surface area (Å²) in [4.78, 5) is 12.1. The van der Waals surface area contributed by atoms with Crippen LogP contribution >= 0.6 is 0 Å². The Balaban J connectivity index is 1.78. The van der Waals surface area contributed by atoms with Gasteiger partial charge in [-0.15, -0.1) is 0 Å². The van der Waals surface area contributed by atoms with Crippen LogP contribution in [0.4, 0.5) is 0 Å². The van der Waals surface area contributed by atoms with E-state index in [1.54, 1.807) is 0 Å². The normalized spacial score (nSPS) is 28.6. The molecule has 2 atom stereocenters. The van der Waals surface area contributed by atoms with E-state index in [0.717, 1.165) is 13.0 Å². The topological polar surface area (TPSA) is 41.1 Å². The minimum Gasteiger partial charge on any atom is -0.352 e. The van der Waals surface area contributed by atoms with Gasteiger partial charge in [0.05, 0.1) is 6.04 Å². The molecule has 2 aliphatic rings. The fraction of sp³-hybridized carbons (Fsp3) is 0.929. The zero-order valence-corrected chi connectivity index (χ0v) is 11.0. The first kappa shape index (κ1) is 12.9. The second kappa shape index (κ2) is 6.39. The maximum atomic E-state index is 12.1. The van der Waals surface area contributed by atoms with Crippen molar-refractivity contribution in [3.63, 3.8) is 0 Å². The van der Waals surface area contributed by atoms with Crippen molar-refractivity contribution in [2.45, 2.75) is 70.4 Å². The molecular formula is C14H26N2O. The van der Waals surface area contributed by atoms with Crippen LogP contribution in [0.1, 0.15) is 58.3 Å². The lowest BCUT2D eigenvalue weighted by Crippen LogP contribution is -2.48. The van der Waals surface area contributed by atoms with E-state index in [0.29, 0.717) is 12.0 Å². The summed E-state index contributed by atoms with van der Waals surface area (Å²) >= 11 is 0. The number of amides is 1. The molecule has 0 radical (unpaired) electrons. The summed E-state index contributed by atoms with van der Waals surface area (Å²) in [5.41, 5.74) is 0. The van der Waals surface area contributed by atoms with Gasteiger partial charge in [0.1, 0.15) is 0 Å². The number of carbonyl (C=O) groups excluding carboxylic acids is 1. The fourth-order valence-electron chi connectivity index (χ4n) is 3.15. The molecule has 2 rings (SSSR count). The van der Waals surface area contributed by atoms with Gasteiger partial charge in [0, 0.05) is 6.04 Å². The lowest BCUT2D eigenvalue weighted by atomic mass is 9.99. The lowest BCUT2D eigenvalue weighted by molar-refractivity contribution is -0.124. The number of hydrogen-bond donors (Lipinski definition) is 2. The van der Waals surface area contributed by atoms with Gasteiger partial charge >= 0.3 is 0 Å². The Morgan fingerprint density at radius 3 is 2.59 bits per heavy atom. The van der Waals surface area contributed by atoms with E-state index in [1.807, 2.05) is 0 Å². The van der Waals surface area contributed by atoms with Crippen molar-refractivity contribution in [3.05, 3.63) is 0 Å². The molecule has 3 nitrogen and oxygen atoms in total. The van der Waals surface area contributed by atoms with Crippen molar-refractivity contribution >= 4 is 5.91 Å². The number of rotatable bonds is 3. The minimum atomic E-state index is 0.0568. The summed E-state index contributed by atoms with van der Waals surface area (Å²) in [5.74, 6) is 0.941. The molecular weight excluding hydrogens is 212 g/mol. The van der Waals surface area contributed by atoms with Crippen LogP contribution < -0.4 is 10.6 Å². The van der Waals surface area contributed by atoms with Crippen LogP contribution in [-0.4, -0.2) is 24.5 Å². The van der Waals surface area contributed by atoms with Crippen LogP contribution in [-0.2, 0) is 4.79 Å². The van der Waals surface area contributed by atoms with Crippen LogP contribution in [0.5, 0.6) is 0 Å². The highest BCUT2D eigenvalue weighted by Gasteiger charge is 2.26. The summed E-state index contributed by atoms with van der Waals surface area (Å²) in [6.45, 7) is 3.17. The highest BCUT2D eigenvalue weighted by Crippen LogP contribution is 2.27. The predicted molar refractivity (Wildman–Crippen MR) is 69.8 cm³/mol. The quantitative estimate of drug-likeness (QED) is 0.791. The molecule has 2 N–H and O–H groups in total. The first-order chi connectivity index (χ1) is 8.27. The third-order valence-electron chi connectivity index (χ3n) is 4.35.